The number of hydrogen-bond acceptors (Lipinski definition) is 5. The van der Waals surface area contributed by atoms with Crippen LogP contribution in [0.25, 0.3) is 10.9 Å². The van der Waals surface area contributed by atoms with Gasteiger partial charge in [-0.1, -0.05) is 18.2 Å². The molecule has 26 heavy (non-hydrogen) atoms. The number of esters is 1. The van der Waals surface area contributed by atoms with Crippen molar-refractivity contribution in [3.8, 4) is 5.75 Å². The maximum atomic E-state index is 12.3. The van der Waals surface area contributed by atoms with Gasteiger partial charge in [-0.3, -0.25) is 9.36 Å². The number of para-hydroxylation sites is 1. The van der Waals surface area contributed by atoms with Gasteiger partial charge in [0.15, 0.2) is 6.61 Å². The highest BCUT2D eigenvalue weighted by molar-refractivity contribution is 5.76. The van der Waals surface area contributed by atoms with E-state index < -0.39 is 5.97 Å². The molecule has 1 heterocycles. The first-order valence-electron chi connectivity index (χ1n) is 8.34. The van der Waals surface area contributed by atoms with E-state index in [1.54, 1.807) is 18.2 Å². The summed E-state index contributed by atoms with van der Waals surface area (Å²) in [6.45, 7) is 4.14. The van der Waals surface area contributed by atoms with Gasteiger partial charge in [0, 0.05) is 0 Å². The fourth-order valence-corrected chi connectivity index (χ4v) is 2.51. The molecule has 0 amide bonds. The lowest BCUT2D eigenvalue weighted by Gasteiger charge is -2.10. The summed E-state index contributed by atoms with van der Waals surface area (Å²) in [6.07, 6.45) is 1.46. The van der Waals surface area contributed by atoms with Crippen molar-refractivity contribution in [3.05, 3.63) is 70.3 Å². The SMILES string of the molecule is Cc1ccc(OCC(=O)OCCn2cnc3ccccc3c2=O)cc1C. The van der Waals surface area contributed by atoms with Crippen LogP contribution in [0.3, 0.4) is 0 Å². The molecule has 0 bridgehead atoms. The Labute approximate surface area is 151 Å². The number of carbonyl (C=O) groups excluding carboxylic acids is 1. The van der Waals surface area contributed by atoms with Gasteiger partial charge in [0.05, 0.1) is 23.8 Å². The number of benzene rings is 2. The van der Waals surface area contributed by atoms with Crippen molar-refractivity contribution in [1.82, 2.24) is 9.55 Å². The van der Waals surface area contributed by atoms with Crippen LogP contribution in [0.15, 0.2) is 53.6 Å². The molecule has 3 rings (SSSR count). The predicted octanol–water partition coefficient (Wildman–Crippen LogP) is 2.64. The van der Waals surface area contributed by atoms with Gasteiger partial charge in [-0.25, -0.2) is 9.78 Å². The molecule has 0 saturated carbocycles. The normalized spacial score (nSPS) is 10.7. The highest BCUT2D eigenvalue weighted by atomic mass is 16.6. The van der Waals surface area contributed by atoms with Crippen molar-refractivity contribution < 1.29 is 14.3 Å². The first kappa shape index (κ1) is 17.7. The summed E-state index contributed by atoms with van der Waals surface area (Å²) in [5, 5.41) is 0.541. The van der Waals surface area contributed by atoms with Gasteiger partial charge in [0.2, 0.25) is 0 Å². The maximum Gasteiger partial charge on any atom is 0.344 e. The zero-order valence-electron chi connectivity index (χ0n) is 14.8. The monoisotopic (exact) mass is 352 g/mol. The Bertz CT molecular complexity index is 995. The fourth-order valence-electron chi connectivity index (χ4n) is 2.51. The summed E-state index contributed by atoms with van der Waals surface area (Å²) >= 11 is 0. The third kappa shape index (κ3) is 4.08. The molecular formula is C20H20N2O4. The molecule has 0 aliphatic carbocycles. The van der Waals surface area contributed by atoms with Crippen LogP contribution in [-0.2, 0) is 16.1 Å². The zero-order valence-corrected chi connectivity index (χ0v) is 14.8. The Morgan fingerprint density at radius 2 is 1.92 bits per heavy atom. The van der Waals surface area contributed by atoms with Crippen molar-refractivity contribution in [3.63, 3.8) is 0 Å². The van der Waals surface area contributed by atoms with Crippen LogP contribution in [0.5, 0.6) is 5.75 Å². The van der Waals surface area contributed by atoms with Gasteiger partial charge >= 0.3 is 5.97 Å². The van der Waals surface area contributed by atoms with Crippen molar-refractivity contribution in [1.29, 1.82) is 0 Å². The van der Waals surface area contributed by atoms with Crippen LogP contribution in [0.2, 0.25) is 0 Å². The lowest BCUT2D eigenvalue weighted by Crippen LogP contribution is -2.24. The van der Waals surface area contributed by atoms with E-state index in [0.717, 1.165) is 11.1 Å². The molecular weight excluding hydrogens is 332 g/mol. The van der Waals surface area contributed by atoms with E-state index in [4.69, 9.17) is 9.47 Å². The minimum Gasteiger partial charge on any atom is -0.482 e. The molecule has 0 saturated heterocycles. The minimum absolute atomic E-state index is 0.0784. The van der Waals surface area contributed by atoms with E-state index in [1.807, 2.05) is 38.1 Å². The molecule has 0 radical (unpaired) electrons. The summed E-state index contributed by atoms with van der Waals surface area (Å²) < 4.78 is 12.0. The second kappa shape index (κ2) is 7.82. The molecule has 0 N–H and O–H groups in total. The van der Waals surface area contributed by atoms with Crippen LogP contribution in [0.4, 0.5) is 0 Å². The number of fused-ring (bicyclic) bond motifs is 1. The summed E-state index contributed by atoms with van der Waals surface area (Å²) in [6, 6.07) is 12.8. The second-order valence-electron chi connectivity index (χ2n) is 6.02. The number of carbonyl (C=O) groups is 1. The first-order valence-corrected chi connectivity index (χ1v) is 8.34. The molecule has 0 aliphatic rings. The Morgan fingerprint density at radius 1 is 1.12 bits per heavy atom. The molecule has 2 aromatic carbocycles. The topological polar surface area (TPSA) is 70.4 Å². The molecule has 0 aliphatic heterocycles. The third-order valence-electron chi connectivity index (χ3n) is 4.16. The van der Waals surface area contributed by atoms with E-state index in [9.17, 15) is 9.59 Å². The summed E-state index contributed by atoms with van der Waals surface area (Å²) in [4.78, 5) is 28.4. The van der Waals surface area contributed by atoms with Crippen LogP contribution in [0, 0.1) is 13.8 Å². The third-order valence-corrected chi connectivity index (χ3v) is 4.16. The Hall–Kier alpha value is -3.15. The highest BCUT2D eigenvalue weighted by Gasteiger charge is 2.07. The molecule has 0 unspecified atom stereocenters. The maximum absolute atomic E-state index is 12.3. The predicted molar refractivity (Wildman–Crippen MR) is 98.4 cm³/mol. The van der Waals surface area contributed by atoms with Gasteiger partial charge < -0.3 is 9.47 Å². The number of aromatic nitrogens is 2. The van der Waals surface area contributed by atoms with Crippen LogP contribution >= 0.6 is 0 Å². The molecule has 0 atom stereocenters. The van der Waals surface area contributed by atoms with E-state index in [-0.39, 0.29) is 25.3 Å². The molecule has 0 fully saturated rings. The number of rotatable bonds is 6. The summed E-state index contributed by atoms with van der Waals surface area (Å²) in [5.41, 5.74) is 2.75. The smallest absolute Gasteiger partial charge is 0.344 e. The standard InChI is InChI=1S/C20H20N2O4/c1-14-7-8-16(11-15(14)2)26-12-19(23)25-10-9-22-13-21-18-6-4-3-5-17(18)20(22)24/h3-8,11,13H,9-10,12H2,1-2H3. The first-order chi connectivity index (χ1) is 12.5. The number of hydrogen-bond donors (Lipinski definition) is 0. The Morgan fingerprint density at radius 3 is 2.73 bits per heavy atom. The van der Waals surface area contributed by atoms with Gasteiger partial charge in [0.1, 0.15) is 12.4 Å². The largest absolute Gasteiger partial charge is 0.482 e. The lowest BCUT2D eigenvalue weighted by atomic mass is 10.1. The van der Waals surface area contributed by atoms with E-state index in [0.29, 0.717) is 16.7 Å². The van der Waals surface area contributed by atoms with Gasteiger partial charge in [-0.05, 0) is 49.2 Å². The van der Waals surface area contributed by atoms with Gasteiger partial charge in [-0.2, -0.15) is 0 Å². The average molecular weight is 352 g/mol. The van der Waals surface area contributed by atoms with Gasteiger partial charge in [-0.15, -0.1) is 0 Å². The quantitative estimate of drug-likeness (QED) is 0.638. The molecule has 134 valence electrons. The van der Waals surface area contributed by atoms with Gasteiger partial charge in [0.25, 0.3) is 5.56 Å². The van der Waals surface area contributed by atoms with Crippen molar-refractivity contribution in [2.24, 2.45) is 0 Å². The zero-order chi connectivity index (χ0) is 18.5. The molecule has 1 aromatic heterocycles. The Kier molecular flexibility index (Phi) is 5.31. The molecule has 6 heteroatoms. The second-order valence-corrected chi connectivity index (χ2v) is 6.02. The minimum atomic E-state index is -0.481. The van der Waals surface area contributed by atoms with Crippen LogP contribution in [0.1, 0.15) is 11.1 Å². The van der Waals surface area contributed by atoms with Crippen molar-refractivity contribution in [2.45, 2.75) is 20.4 Å². The van der Waals surface area contributed by atoms with E-state index in [1.165, 1.54) is 10.9 Å². The summed E-state index contributed by atoms with van der Waals surface area (Å²) in [7, 11) is 0. The van der Waals surface area contributed by atoms with Crippen LogP contribution in [-0.4, -0.2) is 28.7 Å². The van der Waals surface area contributed by atoms with Crippen LogP contribution < -0.4 is 10.3 Å². The number of nitrogens with zero attached hydrogens (tertiary/aromatic N) is 2. The van der Waals surface area contributed by atoms with E-state index in [2.05, 4.69) is 4.98 Å². The van der Waals surface area contributed by atoms with Crippen molar-refractivity contribution >= 4 is 16.9 Å². The molecule has 0 spiro atoms. The molecule has 6 nitrogen and oxygen atoms in total. The Balaban J connectivity index is 1.51. The average Bonchev–Trinajstić information content (AvgIpc) is 2.65. The lowest BCUT2D eigenvalue weighted by molar-refractivity contribution is -0.146. The van der Waals surface area contributed by atoms with Crippen molar-refractivity contribution in [2.75, 3.05) is 13.2 Å². The summed E-state index contributed by atoms with van der Waals surface area (Å²) in [5.74, 6) is 0.144. The number of ether oxygens (including phenoxy) is 2. The molecule has 3 aromatic rings. The van der Waals surface area contributed by atoms with E-state index >= 15 is 0 Å². The fraction of sp³-hybridized carbons (Fsp3) is 0.250. The number of aryl methyl sites for hydroxylation is 2. The highest BCUT2D eigenvalue weighted by Crippen LogP contribution is 2.16.